The van der Waals surface area contributed by atoms with Gasteiger partial charge in [0.05, 0.1) is 37.3 Å². The molecule has 0 spiro atoms. The van der Waals surface area contributed by atoms with E-state index in [9.17, 15) is 0 Å². The number of morpholine rings is 1. The van der Waals surface area contributed by atoms with Crippen molar-refractivity contribution in [2.24, 2.45) is 7.05 Å². The Bertz CT molecular complexity index is 346. The topological polar surface area (TPSA) is 48.3 Å². The number of aryl methyl sites for hydroxylation is 2. The Balaban J connectivity index is 1.75. The molecule has 1 aliphatic heterocycles. The van der Waals surface area contributed by atoms with E-state index in [0.717, 1.165) is 37.5 Å². The Morgan fingerprint density at radius 1 is 1.65 bits per heavy atom. The van der Waals surface area contributed by atoms with Gasteiger partial charge in [-0.1, -0.05) is 6.92 Å². The highest BCUT2D eigenvalue weighted by Crippen LogP contribution is 2.06. The van der Waals surface area contributed by atoms with Crippen molar-refractivity contribution in [3.8, 4) is 0 Å². The van der Waals surface area contributed by atoms with Gasteiger partial charge in [0.2, 0.25) is 0 Å². The molecule has 1 unspecified atom stereocenters. The Kier molecular flexibility index (Phi) is 4.53. The largest absolute Gasteiger partial charge is 0.373 e. The smallest absolute Gasteiger partial charge is 0.0933 e. The molecule has 0 amide bonds. The molecule has 2 rings (SSSR count). The predicted molar refractivity (Wildman–Crippen MR) is 64.9 cm³/mol. The molecule has 17 heavy (non-hydrogen) atoms. The van der Waals surface area contributed by atoms with Crippen LogP contribution in [0, 0.1) is 0 Å². The molecule has 96 valence electrons. The maximum absolute atomic E-state index is 5.67. The first-order valence-electron chi connectivity index (χ1n) is 6.21. The van der Waals surface area contributed by atoms with Crippen LogP contribution < -0.4 is 5.32 Å². The van der Waals surface area contributed by atoms with Crippen LogP contribution in [0.25, 0.3) is 0 Å². The van der Waals surface area contributed by atoms with E-state index < -0.39 is 0 Å². The number of rotatable bonds is 5. The lowest BCUT2D eigenvalue weighted by molar-refractivity contribution is -0.0367. The van der Waals surface area contributed by atoms with Gasteiger partial charge in [-0.25, -0.2) is 0 Å². The lowest BCUT2D eigenvalue weighted by Crippen LogP contribution is -2.40. The van der Waals surface area contributed by atoms with Crippen molar-refractivity contribution < 1.29 is 9.47 Å². The number of hydrogen-bond acceptors (Lipinski definition) is 4. The van der Waals surface area contributed by atoms with E-state index in [4.69, 9.17) is 9.47 Å². The molecule has 2 heterocycles. The summed E-state index contributed by atoms with van der Waals surface area (Å²) < 4.78 is 13.1. The molecule has 5 heteroatoms. The molecule has 0 aromatic carbocycles. The summed E-state index contributed by atoms with van der Waals surface area (Å²) in [5.74, 6) is 0. The number of nitrogens with one attached hydrogen (secondary N) is 1. The minimum atomic E-state index is 0.183. The summed E-state index contributed by atoms with van der Waals surface area (Å²) in [6.45, 7) is 5.95. The zero-order chi connectivity index (χ0) is 12.1. The van der Waals surface area contributed by atoms with Gasteiger partial charge in [-0.05, 0) is 12.5 Å². The first-order valence-corrected chi connectivity index (χ1v) is 6.21. The third-order valence-electron chi connectivity index (χ3n) is 2.95. The monoisotopic (exact) mass is 239 g/mol. The first-order chi connectivity index (χ1) is 8.29. The number of nitrogens with zero attached hydrogens (tertiary/aromatic N) is 2. The molecule has 1 aromatic heterocycles. The Labute approximate surface area is 102 Å². The zero-order valence-electron chi connectivity index (χ0n) is 10.6. The second-order valence-electron chi connectivity index (χ2n) is 4.32. The van der Waals surface area contributed by atoms with Gasteiger partial charge in [-0.15, -0.1) is 0 Å². The second kappa shape index (κ2) is 6.14. The van der Waals surface area contributed by atoms with Gasteiger partial charge < -0.3 is 14.8 Å². The molecule has 0 bridgehead atoms. The normalized spacial score (nSPS) is 20.7. The van der Waals surface area contributed by atoms with E-state index in [-0.39, 0.29) is 6.10 Å². The first kappa shape index (κ1) is 12.5. The number of hydrogen-bond donors (Lipinski definition) is 1. The molecular formula is C12H21N3O2. The summed E-state index contributed by atoms with van der Waals surface area (Å²) in [6.07, 6.45) is 1.14. The predicted octanol–water partition coefficient (Wildman–Crippen LogP) is 0.488. The molecule has 1 aliphatic rings. The Hall–Kier alpha value is -0.910. The van der Waals surface area contributed by atoms with Crippen LogP contribution in [0.15, 0.2) is 6.07 Å². The van der Waals surface area contributed by atoms with Crippen LogP contribution in [0.3, 0.4) is 0 Å². The fraction of sp³-hybridized carbons (Fsp3) is 0.750. The maximum atomic E-state index is 5.67. The number of aromatic nitrogens is 2. The molecule has 1 aromatic rings. The highest BCUT2D eigenvalue weighted by Gasteiger charge is 2.13. The van der Waals surface area contributed by atoms with E-state index in [1.807, 2.05) is 11.7 Å². The fourth-order valence-corrected chi connectivity index (χ4v) is 1.90. The molecule has 0 saturated carbocycles. The molecule has 1 fully saturated rings. The lowest BCUT2D eigenvalue weighted by Gasteiger charge is -2.23. The van der Waals surface area contributed by atoms with Gasteiger partial charge in [-0.3, -0.25) is 4.68 Å². The summed E-state index contributed by atoms with van der Waals surface area (Å²) in [6, 6.07) is 2.10. The van der Waals surface area contributed by atoms with Crippen molar-refractivity contribution in [2.45, 2.75) is 26.1 Å². The van der Waals surface area contributed by atoms with Crippen LogP contribution in [0.2, 0.25) is 0 Å². The highest BCUT2D eigenvalue weighted by molar-refractivity contribution is 5.09. The van der Waals surface area contributed by atoms with Gasteiger partial charge in [0, 0.05) is 20.1 Å². The van der Waals surface area contributed by atoms with Crippen LogP contribution in [0.5, 0.6) is 0 Å². The summed E-state index contributed by atoms with van der Waals surface area (Å²) in [5.41, 5.74) is 2.23. The molecule has 0 aliphatic carbocycles. The fourth-order valence-electron chi connectivity index (χ4n) is 1.90. The van der Waals surface area contributed by atoms with Gasteiger partial charge in [-0.2, -0.15) is 5.10 Å². The minimum absolute atomic E-state index is 0.183. The van der Waals surface area contributed by atoms with Crippen molar-refractivity contribution in [1.82, 2.24) is 15.1 Å². The average Bonchev–Trinajstić information content (AvgIpc) is 2.72. The third kappa shape index (κ3) is 3.52. The van der Waals surface area contributed by atoms with Crippen LogP contribution in [-0.2, 0) is 29.5 Å². The lowest BCUT2D eigenvalue weighted by atomic mass is 10.3. The van der Waals surface area contributed by atoms with Crippen LogP contribution in [0.1, 0.15) is 18.3 Å². The van der Waals surface area contributed by atoms with Crippen LogP contribution in [0.4, 0.5) is 0 Å². The summed E-state index contributed by atoms with van der Waals surface area (Å²) in [4.78, 5) is 0. The van der Waals surface area contributed by atoms with Crippen molar-refractivity contribution >= 4 is 0 Å². The van der Waals surface area contributed by atoms with E-state index in [2.05, 4.69) is 23.4 Å². The van der Waals surface area contributed by atoms with E-state index in [1.54, 1.807) is 0 Å². The second-order valence-corrected chi connectivity index (χ2v) is 4.32. The van der Waals surface area contributed by atoms with Crippen LogP contribution in [-0.4, -0.2) is 42.2 Å². The third-order valence-corrected chi connectivity index (χ3v) is 2.95. The molecule has 0 radical (unpaired) electrons. The summed E-state index contributed by atoms with van der Waals surface area (Å²) in [5, 5.41) is 7.67. The molecule has 1 N–H and O–H groups in total. The van der Waals surface area contributed by atoms with Crippen molar-refractivity contribution in [3.63, 3.8) is 0 Å². The van der Waals surface area contributed by atoms with E-state index in [1.165, 1.54) is 0 Å². The summed E-state index contributed by atoms with van der Waals surface area (Å²) >= 11 is 0. The standard InChI is InChI=1S/C12H21N3O2/c1-3-10-6-11(15(2)14-10)8-16-9-12-7-13-4-5-17-12/h6,12-13H,3-5,7-9H2,1-2H3. The Morgan fingerprint density at radius 2 is 2.53 bits per heavy atom. The summed E-state index contributed by atoms with van der Waals surface area (Å²) in [7, 11) is 1.95. The van der Waals surface area contributed by atoms with E-state index >= 15 is 0 Å². The highest BCUT2D eigenvalue weighted by atomic mass is 16.5. The SMILES string of the molecule is CCc1cc(COCC2CNCCO2)n(C)n1. The zero-order valence-corrected chi connectivity index (χ0v) is 10.6. The minimum Gasteiger partial charge on any atom is -0.373 e. The van der Waals surface area contributed by atoms with Gasteiger partial charge in [0.1, 0.15) is 0 Å². The Morgan fingerprint density at radius 3 is 3.18 bits per heavy atom. The number of ether oxygens (including phenoxy) is 2. The average molecular weight is 239 g/mol. The van der Waals surface area contributed by atoms with Gasteiger partial charge in [0.15, 0.2) is 0 Å². The molecule has 5 nitrogen and oxygen atoms in total. The van der Waals surface area contributed by atoms with Crippen molar-refractivity contribution in [3.05, 3.63) is 17.5 Å². The van der Waals surface area contributed by atoms with Crippen LogP contribution >= 0.6 is 0 Å². The quantitative estimate of drug-likeness (QED) is 0.812. The molecular weight excluding hydrogens is 218 g/mol. The van der Waals surface area contributed by atoms with Gasteiger partial charge >= 0.3 is 0 Å². The van der Waals surface area contributed by atoms with Crippen molar-refractivity contribution in [1.29, 1.82) is 0 Å². The van der Waals surface area contributed by atoms with E-state index in [0.29, 0.717) is 13.2 Å². The molecule has 1 saturated heterocycles. The molecule has 1 atom stereocenters. The maximum Gasteiger partial charge on any atom is 0.0933 e. The van der Waals surface area contributed by atoms with Gasteiger partial charge in [0.25, 0.3) is 0 Å². The van der Waals surface area contributed by atoms with Crippen molar-refractivity contribution in [2.75, 3.05) is 26.3 Å².